The van der Waals surface area contributed by atoms with Crippen LogP contribution in [0.3, 0.4) is 0 Å². The monoisotopic (exact) mass is 203 g/mol. The number of carbonyl (C=O) groups excluding carboxylic acids is 1. The van der Waals surface area contributed by atoms with Crippen LogP contribution in [0.25, 0.3) is 0 Å². The van der Waals surface area contributed by atoms with Crippen molar-refractivity contribution in [2.24, 2.45) is 11.3 Å². The van der Waals surface area contributed by atoms with Crippen molar-refractivity contribution in [1.82, 2.24) is 5.32 Å². The third-order valence-electron chi connectivity index (χ3n) is 3.44. The Bertz CT molecular complexity index is 356. The molecule has 15 heavy (non-hydrogen) atoms. The van der Waals surface area contributed by atoms with Crippen molar-refractivity contribution in [2.45, 2.75) is 20.3 Å². The first-order valence-electron chi connectivity index (χ1n) is 5.43. The number of carbonyl (C=O) groups is 1. The molecule has 0 radical (unpaired) electrons. The number of hydrogen-bond donors (Lipinski definition) is 1. The fraction of sp³-hybridized carbons (Fsp3) is 0.462. The highest BCUT2D eigenvalue weighted by Crippen LogP contribution is 2.33. The van der Waals surface area contributed by atoms with Crippen molar-refractivity contribution >= 4 is 5.91 Å². The largest absolute Gasteiger partial charge is 0.355 e. The van der Waals surface area contributed by atoms with E-state index in [4.69, 9.17) is 0 Å². The van der Waals surface area contributed by atoms with Crippen LogP contribution < -0.4 is 5.32 Å². The summed E-state index contributed by atoms with van der Waals surface area (Å²) in [6.45, 7) is 4.87. The van der Waals surface area contributed by atoms with Gasteiger partial charge in [0.2, 0.25) is 5.91 Å². The number of rotatable bonds is 2. The summed E-state index contributed by atoms with van der Waals surface area (Å²) in [5, 5.41) is 2.94. The summed E-state index contributed by atoms with van der Waals surface area (Å²) >= 11 is 0. The lowest BCUT2D eigenvalue weighted by atomic mass is 9.78. The van der Waals surface area contributed by atoms with Crippen molar-refractivity contribution in [3.05, 3.63) is 35.9 Å². The van der Waals surface area contributed by atoms with E-state index in [1.165, 1.54) is 5.56 Å². The second-order valence-corrected chi connectivity index (χ2v) is 4.82. The van der Waals surface area contributed by atoms with Gasteiger partial charge in [0.25, 0.3) is 0 Å². The Morgan fingerprint density at radius 3 is 2.53 bits per heavy atom. The highest BCUT2D eigenvalue weighted by molar-refractivity contribution is 5.84. The maximum Gasteiger partial charge on any atom is 0.226 e. The topological polar surface area (TPSA) is 29.1 Å². The quantitative estimate of drug-likeness (QED) is 0.782. The lowest BCUT2D eigenvalue weighted by Crippen LogP contribution is -2.29. The van der Waals surface area contributed by atoms with Crippen LogP contribution in [0.5, 0.6) is 0 Å². The lowest BCUT2D eigenvalue weighted by Gasteiger charge is -2.23. The fourth-order valence-electron chi connectivity index (χ4n) is 2.11. The molecule has 0 unspecified atom stereocenters. The Labute approximate surface area is 90.7 Å². The summed E-state index contributed by atoms with van der Waals surface area (Å²) in [6.07, 6.45) is 0.979. The molecule has 0 bridgehead atoms. The van der Waals surface area contributed by atoms with Crippen LogP contribution in [0.1, 0.15) is 19.4 Å². The minimum Gasteiger partial charge on any atom is -0.355 e. The van der Waals surface area contributed by atoms with Crippen LogP contribution in [0.15, 0.2) is 30.3 Å². The Kier molecular flexibility index (Phi) is 2.51. The first kappa shape index (κ1) is 10.2. The molecular formula is C13H17NO. The van der Waals surface area contributed by atoms with Crippen LogP contribution in [0, 0.1) is 11.3 Å². The van der Waals surface area contributed by atoms with Crippen molar-refractivity contribution < 1.29 is 4.79 Å². The van der Waals surface area contributed by atoms with Gasteiger partial charge in [0.05, 0.1) is 0 Å². The first-order chi connectivity index (χ1) is 7.10. The average Bonchev–Trinajstić information content (AvgIpc) is 2.47. The highest BCUT2D eigenvalue weighted by Gasteiger charge is 2.41. The van der Waals surface area contributed by atoms with Gasteiger partial charge in [-0.15, -0.1) is 0 Å². The average molecular weight is 203 g/mol. The Morgan fingerprint density at radius 2 is 2.00 bits per heavy atom. The summed E-state index contributed by atoms with van der Waals surface area (Å²) in [5.41, 5.74) is 1.09. The van der Waals surface area contributed by atoms with E-state index in [0.717, 1.165) is 13.0 Å². The van der Waals surface area contributed by atoms with Crippen LogP contribution >= 0.6 is 0 Å². The molecule has 1 aromatic rings. The Morgan fingerprint density at radius 1 is 1.33 bits per heavy atom. The summed E-state index contributed by atoms with van der Waals surface area (Å²) < 4.78 is 0. The van der Waals surface area contributed by atoms with Crippen LogP contribution in [-0.2, 0) is 11.2 Å². The molecule has 1 aliphatic rings. The van der Waals surface area contributed by atoms with E-state index in [2.05, 4.69) is 17.4 Å². The molecule has 1 N–H and O–H groups in total. The first-order valence-corrected chi connectivity index (χ1v) is 5.43. The molecule has 2 nitrogen and oxygen atoms in total. The molecule has 1 aliphatic heterocycles. The van der Waals surface area contributed by atoms with Gasteiger partial charge in [-0.1, -0.05) is 44.2 Å². The van der Waals surface area contributed by atoms with E-state index in [-0.39, 0.29) is 11.3 Å². The van der Waals surface area contributed by atoms with E-state index in [1.807, 2.05) is 32.0 Å². The molecule has 80 valence electrons. The minimum atomic E-state index is -0.226. The normalized spacial score (nSPS) is 23.9. The van der Waals surface area contributed by atoms with E-state index >= 15 is 0 Å². The predicted molar refractivity (Wildman–Crippen MR) is 60.4 cm³/mol. The van der Waals surface area contributed by atoms with E-state index in [1.54, 1.807) is 0 Å². The number of hydrogen-bond acceptors (Lipinski definition) is 1. The molecule has 0 aromatic heterocycles. The van der Waals surface area contributed by atoms with Crippen molar-refractivity contribution in [2.75, 3.05) is 6.54 Å². The summed E-state index contributed by atoms with van der Waals surface area (Å²) in [5.74, 6) is 0.593. The predicted octanol–water partition coefficient (Wildman–Crippen LogP) is 2.00. The van der Waals surface area contributed by atoms with Gasteiger partial charge in [-0.05, 0) is 17.9 Å². The highest BCUT2D eigenvalue weighted by atomic mass is 16.2. The van der Waals surface area contributed by atoms with Crippen molar-refractivity contribution in [1.29, 1.82) is 0 Å². The van der Waals surface area contributed by atoms with Crippen molar-refractivity contribution in [3.8, 4) is 0 Å². The molecule has 1 heterocycles. The minimum absolute atomic E-state index is 0.184. The van der Waals surface area contributed by atoms with Gasteiger partial charge in [-0.3, -0.25) is 4.79 Å². The van der Waals surface area contributed by atoms with Gasteiger partial charge >= 0.3 is 0 Å². The zero-order chi connectivity index (χ0) is 10.9. The van der Waals surface area contributed by atoms with Crippen molar-refractivity contribution in [3.63, 3.8) is 0 Å². The van der Waals surface area contributed by atoms with Crippen LogP contribution in [0.2, 0.25) is 0 Å². The molecule has 1 fully saturated rings. The van der Waals surface area contributed by atoms with E-state index in [0.29, 0.717) is 5.92 Å². The zero-order valence-electron chi connectivity index (χ0n) is 9.29. The molecule has 2 heteroatoms. The molecule has 1 atom stereocenters. The molecular weight excluding hydrogens is 186 g/mol. The Hall–Kier alpha value is -1.31. The maximum absolute atomic E-state index is 11.6. The van der Waals surface area contributed by atoms with E-state index < -0.39 is 0 Å². The summed E-state index contributed by atoms with van der Waals surface area (Å²) in [7, 11) is 0. The van der Waals surface area contributed by atoms with Gasteiger partial charge in [0.15, 0.2) is 0 Å². The van der Waals surface area contributed by atoms with Crippen LogP contribution in [0.4, 0.5) is 0 Å². The number of amides is 1. The maximum atomic E-state index is 11.6. The lowest BCUT2D eigenvalue weighted by molar-refractivity contribution is -0.127. The SMILES string of the molecule is CC1(C)C(=O)NC[C@@H]1Cc1ccccc1. The van der Waals surface area contributed by atoms with Gasteiger partial charge in [-0.2, -0.15) is 0 Å². The summed E-state index contributed by atoms with van der Waals surface area (Å²) in [6, 6.07) is 10.4. The third kappa shape index (κ3) is 1.89. The van der Waals surface area contributed by atoms with E-state index in [9.17, 15) is 4.79 Å². The Balaban J connectivity index is 2.11. The smallest absolute Gasteiger partial charge is 0.226 e. The van der Waals surface area contributed by atoms with Gasteiger partial charge < -0.3 is 5.32 Å². The fourth-order valence-corrected chi connectivity index (χ4v) is 2.11. The van der Waals surface area contributed by atoms with Gasteiger partial charge in [0, 0.05) is 12.0 Å². The molecule has 2 rings (SSSR count). The zero-order valence-corrected chi connectivity index (χ0v) is 9.29. The standard InChI is InChI=1S/C13H17NO/c1-13(2)11(9-14-12(13)15)8-10-6-4-3-5-7-10/h3-7,11H,8-9H2,1-2H3,(H,14,15)/t11-/m0/s1. The summed E-state index contributed by atoms with van der Waals surface area (Å²) in [4.78, 5) is 11.6. The van der Waals surface area contributed by atoms with Gasteiger partial charge in [-0.25, -0.2) is 0 Å². The molecule has 1 saturated heterocycles. The molecule has 0 aliphatic carbocycles. The third-order valence-corrected chi connectivity index (χ3v) is 3.44. The van der Waals surface area contributed by atoms with Gasteiger partial charge in [0.1, 0.15) is 0 Å². The second kappa shape index (κ2) is 3.69. The van der Waals surface area contributed by atoms with Crippen LogP contribution in [-0.4, -0.2) is 12.5 Å². The second-order valence-electron chi connectivity index (χ2n) is 4.82. The molecule has 1 aromatic carbocycles. The molecule has 1 amide bonds. The number of nitrogens with one attached hydrogen (secondary N) is 1. The molecule has 0 spiro atoms. The number of benzene rings is 1. The molecule has 0 saturated carbocycles.